The zero-order chi connectivity index (χ0) is 24.1. The summed E-state index contributed by atoms with van der Waals surface area (Å²) >= 11 is 1.16. The van der Waals surface area contributed by atoms with Crippen molar-refractivity contribution in [3.63, 3.8) is 0 Å². The molecule has 0 unspecified atom stereocenters. The number of nitrogens with zero attached hydrogens (tertiary/aromatic N) is 3. The first kappa shape index (κ1) is 24.7. The number of rotatable bonds is 7. The maximum absolute atomic E-state index is 12.9. The summed E-state index contributed by atoms with van der Waals surface area (Å²) in [6.07, 6.45) is -0.920. The first-order valence-corrected chi connectivity index (χ1v) is 12.3. The van der Waals surface area contributed by atoms with E-state index < -0.39 is 17.6 Å². The van der Waals surface area contributed by atoms with Gasteiger partial charge in [0, 0.05) is 43.1 Å². The molecule has 1 fully saturated rings. The molecule has 1 aromatic heterocycles. The van der Waals surface area contributed by atoms with Crippen LogP contribution < -0.4 is 11.0 Å². The van der Waals surface area contributed by atoms with Crippen molar-refractivity contribution in [2.75, 3.05) is 43.9 Å². The number of hydrogen-bond donors (Lipinski definition) is 1. The van der Waals surface area contributed by atoms with E-state index >= 15 is 0 Å². The van der Waals surface area contributed by atoms with Gasteiger partial charge in [0.05, 0.1) is 24.5 Å². The van der Waals surface area contributed by atoms with Gasteiger partial charge in [0.15, 0.2) is 0 Å². The summed E-state index contributed by atoms with van der Waals surface area (Å²) in [5.41, 5.74) is 0.919. The monoisotopic (exact) mass is 496 g/mol. The minimum Gasteiger partial charge on any atom is -0.379 e. The third-order valence-electron chi connectivity index (χ3n) is 6.01. The van der Waals surface area contributed by atoms with Gasteiger partial charge in [-0.2, -0.15) is 18.2 Å². The predicted molar refractivity (Wildman–Crippen MR) is 123 cm³/mol. The van der Waals surface area contributed by atoms with Crippen LogP contribution in [-0.2, 0) is 35.1 Å². The highest BCUT2D eigenvalue weighted by Crippen LogP contribution is 2.31. The zero-order valence-corrected chi connectivity index (χ0v) is 19.5. The molecule has 4 rings (SSSR count). The summed E-state index contributed by atoms with van der Waals surface area (Å²) in [6, 6.07) is 4.51. The van der Waals surface area contributed by atoms with Gasteiger partial charge in [-0.3, -0.25) is 14.3 Å². The summed E-state index contributed by atoms with van der Waals surface area (Å²) in [5, 5.41) is 3.04. The SMILES string of the molecule is O=C(CSc1nc(=O)n(CCN2CCOCC2)c2c1CCCC2)Nc1cccc(C(F)(F)F)c1. The number of hydrogen-bond acceptors (Lipinski definition) is 6. The predicted octanol–water partition coefficient (Wildman–Crippen LogP) is 3.20. The van der Waals surface area contributed by atoms with Crippen LogP contribution in [0.5, 0.6) is 0 Å². The molecule has 2 aromatic rings. The Bertz CT molecular complexity index is 1080. The van der Waals surface area contributed by atoms with E-state index in [0.717, 1.165) is 80.5 Å². The first-order valence-electron chi connectivity index (χ1n) is 11.3. The van der Waals surface area contributed by atoms with Crippen LogP contribution in [0.3, 0.4) is 0 Å². The van der Waals surface area contributed by atoms with Crippen LogP contribution >= 0.6 is 11.8 Å². The lowest BCUT2D eigenvalue weighted by Gasteiger charge is -2.28. The average molecular weight is 497 g/mol. The number of halogens is 3. The van der Waals surface area contributed by atoms with Gasteiger partial charge in [-0.25, -0.2) is 4.79 Å². The van der Waals surface area contributed by atoms with Crippen molar-refractivity contribution in [3.8, 4) is 0 Å². The standard InChI is InChI=1S/C23H27F3N4O3S/c24-23(25,26)16-4-3-5-17(14-16)27-20(31)15-34-21-18-6-1-2-7-19(18)30(22(32)28-21)9-8-29-10-12-33-13-11-29/h3-5,14H,1-2,6-13,15H2,(H,27,31). The van der Waals surface area contributed by atoms with E-state index in [0.29, 0.717) is 24.8 Å². The van der Waals surface area contributed by atoms with Crippen molar-refractivity contribution in [2.24, 2.45) is 0 Å². The molecule has 1 N–H and O–H groups in total. The number of benzene rings is 1. The smallest absolute Gasteiger partial charge is 0.379 e. The maximum atomic E-state index is 12.9. The van der Waals surface area contributed by atoms with Crippen molar-refractivity contribution in [3.05, 3.63) is 51.6 Å². The van der Waals surface area contributed by atoms with Crippen LogP contribution in [0, 0.1) is 0 Å². The van der Waals surface area contributed by atoms with Gasteiger partial charge in [-0.1, -0.05) is 17.8 Å². The Hall–Kier alpha value is -2.37. The first-order chi connectivity index (χ1) is 16.3. The number of carbonyl (C=O) groups is 1. The lowest BCUT2D eigenvalue weighted by molar-refractivity contribution is -0.137. The van der Waals surface area contributed by atoms with E-state index in [1.165, 1.54) is 12.1 Å². The van der Waals surface area contributed by atoms with E-state index in [1.807, 2.05) is 0 Å². The lowest BCUT2D eigenvalue weighted by atomic mass is 9.97. The fourth-order valence-electron chi connectivity index (χ4n) is 4.27. The van der Waals surface area contributed by atoms with Crippen LogP contribution in [0.1, 0.15) is 29.7 Å². The van der Waals surface area contributed by atoms with Crippen LogP contribution in [-0.4, -0.2) is 59.0 Å². The van der Waals surface area contributed by atoms with Crippen molar-refractivity contribution in [1.29, 1.82) is 0 Å². The molecule has 34 heavy (non-hydrogen) atoms. The number of thioether (sulfide) groups is 1. The maximum Gasteiger partial charge on any atom is 0.416 e. The van der Waals surface area contributed by atoms with Gasteiger partial charge in [-0.05, 0) is 43.9 Å². The number of carbonyl (C=O) groups excluding carboxylic acids is 1. The Morgan fingerprint density at radius 2 is 1.91 bits per heavy atom. The summed E-state index contributed by atoms with van der Waals surface area (Å²) in [5.74, 6) is -0.500. The highest BCUT2D eigenvalue weighted by Gasteiger charge is 2.30. The van der Waals surface area contributed by atoms with Crippen LogP contribution in [0.2, 0.25) is 0 Å². The molecule has 184 valence electrons. The van der Waals surface area contributed by atoms with Gasteiger partial charge < -0.3 is 10.1 Å². The van der Waals surface area contributed by atoms with Gasteiger partial charge in [-0.15, -0.1) is 0 Å². The van der Waals surface area contributed by atoms with E-state index in [4.69, 9.17) is 4.74 Å². The number of alkyl halides is 3. The largest absolute Gasteiger partial charge is 0.416 e. The Kier molecular flexibility index (Phi) is 7.95. The average Bonchev–Trinajstić information content (AvgIpc) is 2.82. The molecule has 0 saturated carbocycles. The van der Waals surface area contributed by atoms with Gasteiger partial charge in [0.1, 0.15) is 5.03 Å². The molecule has 7 nitrogen and oxygen atoms in total. The van der Waals surface area contributed by atoms with Crippen LogP contribution in [0.25, 0.3) is 0 Å². The Labute approximate surface area is 199 Å². The molecular formula is C23H27F3N4O3S. The number of ether oxygens (including phenoxy) is 1. The molecule has 0 radical (unpaired) electrons. The van der Waals surface area contributed by atoms with Crippen molar-refractivity contribution in [2.45, 2.75) is 43.4 Å². The molecule has 1 aliphatic heterocycles. The van der Waals surface area contributed by atoms with Crippen molar-refractivity contribution >= 4 is 23.4 Å². The summed E-state index contributed by atoms with van der Waals surface area (Å²) in [7, 11) is 0. The minimum atomic E-state index is -4.48. The second kappa shape index (κ2) is 10.9. The summed E-state index contributed by atoms with van der Waals surface area (Å²) in [6.45, 7) is 4.41. The van der Waals surface area contributed by atoms with Crippen LogP contribution in [0.15, 0.2) is 34.1 Å². The van der Waals surface area contributed by atoms with E-state index in [1.54, 1.807) is 4.57 Å². The van der Waals surface area contributed by atoms with E-state index in [9.17, 15) is 22.8 Å². The number of aromatic nitrogens is 2. The minimum absolute atomic E-state index is 0.0487. The molecule has 0 atom stereocenters. The van der Waals surface area contributed by atoms with Crippen LogP contribution in [0.4, 0.5) is 18.9 Å². The van der Waals surface area contributed by atoms with E-state index in [-0.39, 0.29) is 17.1 Å². The topological polar surface area (TPSA) is 76.5 Å². The van der Waals surface area contributed by atoms with Gasteiger partial charge >= 0.3 is 11.9 Å². The highest BCUT2D eigenvalue weighted by molar-refractivity contribution is 8.00. The molecule has 1 saturated heterocycles. The van der Waals surface area contributed by atoms with Gasteiger partial charge in [0.25, 0.3) is 0 Å². The zero-order valence-electron chi connectivity index (χ0n) is 18.7. The number of anilines is 1. The highest BCUT2D eigenvalue weighted by atomic mass is 32.2. The number of nitrogens with one attached hydrogen (secondary N) is 1. The molecular weight excluding hydrogens is 469 g/mol. The Morgan fingerprint density at radius 3 is 2.68 bits per heavy atom. The quantitative estimate of drug-likeness (QED) is 0.469. The number of morpholine rings is 1. The fraction of sp³-hybridized carbons (Fsp3) is 0.522. The Balaban J connectivity index is 1.43. The Morgan fingerprint density at radius 1 is 1.15 bits per heavy atom. The third kappa shape index (κ3) is 6.19. The molecule has 1 aliphatic carbocycles. The lowest BCUT2D eigenvalue weighted by Crippen LogP contribution is -2.40. The number of amides is 1. The summed E-state index contributed by atoms with van der Waals surface area (Å²) in [4.78, 5) is 31.8. The third-order valence-corrected chi connectivity index (χ3v) is 7.03. The molecule has 2 heterocycles. The molecule has 11 heteroatoms. The molecule has 0 bridgehead atoms. The second-order valence-electron chi connectivity index (χ2n) is 8.35. The fourth-order valence-corrected chi connectivity index (χ4v) is 5.14. The summed E-state index contributed by atoms with van der Waals surface area (Å²) < 4.78 is 45.8. The molecule has 0 spiro atoms. The molecule has 1 amide bonds. The van der Waals surface area contributed by atoms with Crippen molar-refractivity contribution in [1.82, 2.24) is 14.5 Å². The van der Waals surface area contributed by atoms with Gasteiger partial charge in [0.2, 0.25) is 5.91 Å². The number of fused-ring (bicyclic) bond motifs is 1. The molecule has 2 aliphatic rings. The van der Waals surface area contributed by atoms with E-state index in [2.05, 4.69) is 15.2 Å². The normalized spacial score (nSPS) is 16.8. The second-order valence-corrected chi connectivity index (χ2v) is 9.32. The van der Waals surface area contributed by atoms with Crippen molar-refractivity contribution < 1.29 is 22.7 Å². The molecule has 1 aromatic carbocycles.